The van der Waals surface area contributed by atoms with Crippen molar-refractivity contribution in [3.63, 3.8) is 0 Å². The second-order valence-corrected chi connectivity index (χ2v) is 8.88. The van der Waals surface area contributed by atoms with Gasteiger partial charge >= 0.3 is 0 Å². The zero-order valence-corrected chi connectivity index (χ0v) is 19.2. The Balaban J connectivity index is 1.61. The van der Waals surface area contributed by atoms with Crippen LogP contribution in [0.2, 0.25) is 0 Å². The van der Waals surface area contributed by atoms with Crippen LogP contribution in [0.4, 0.5) is 0 Å². The van der Waals surface area contributed by atoms with Gasteiger partial charge in [-0.1, -0.05) is 48.5 Å². The third-order valence-electron chi connectivity index (χ3n) is 6.98. The van der Waals surface area contributed by atoms with Crippen molar-refractivity contribution >= 4 is 43.6 Å². The minimum atomic E-state index is 0.604. The topological polar surface area (TPSA) is 57.4 Å². The van der Waals surface area contributed by atoms with Gasteiger partial charge in [-0.25, -0.2) is 0 Å². The maximum Gasteiger partial charge on any atom is 0.101 e. The molecule has 0 aliphatic carbocycles. The van der Waals surface area contributed by atoms with Gasteiger partial charge in [0.15, 0.2) is 0 Å². The first-order valence-electron chi connectivity index (χ1n) is 11.7. The van der Waals surface area contributed by atoms with Crippen LogP contribution >= 0.6 is 0 Å². The second-order valence-electron chi connectivity index (χ2n) is 8.88. The number of nitriles is 2. The highest BCUT2D eigenvalue weighted by atomic mass is 15.0. The highest BCUT2D eigenvalue weighted by molar-refractivity contribution is 6.12. The molecule has 166 valence electrons. The van der Waals surface area contributed by atoms with Crippen LogP contribution in [0.25, 0.3) is 55.0 Å². The van der Waals surface area contributed by atoms with E-state index in [1.54, 1.807) is 0 Å². The van der Waals surface area contributed by atoms with Gasteiger partial charge in [0.05, 0.1) is 45.0 Å². The van der Waals surface area contributed by atoms with E-state index in [4.69, 9.17) is 0 Å². The zero-order chi connectivity index (χ0) is 24.2. The largest absolute Gasteiger partial charge is 0.309 e. The van der Waals surface area contributed by atoms with Crippen molar-refractivity contribution in [2.24, 2.45) is 0 Å². The number of benzene rings is 5. The Morgan fingerprint density at radius 1 is 0.472 bits per heavy atom. The van der Waals surface area contributed by atoms with E-state index in [0.717, 1.165) is 44.2 Å². The van der Waals surface area contributed by atoms with E-state index in [1.165, 1.54) is 10.8 Å². The molecule has 7 rings (SSSR count). The maximum absolute atomic E-state index is 9.80. The molecule has 0 aliphatic heterocycles. The maximum atomic E-state index is 9.80. The van der Waals surface area contributed by atoms with Gasteiger partial charge in [0, 0.05) is 27.2 Å². The van der Waals surface area contributed by atoms with Gasteiger partial charge in [0.2, 0.25) is 0 Å². The Kier molecular flexibility index (Phi) is 4.24. The highest BCUT2D eigenvalue weighted by Crippen LogP contribution is 2.37. The molecule has 2 heterocycles. The summed E-state index contributed by atoms with van der Waals surface area (Å²) in [6, 6.07) is 41.4. The van der Waals surface area contributed by atoms with E-state index in [1.807, 2.05) is 42.5 Å². The van der Waals surface area contributed by atoms with E-state index in [2.05, 4.69) is 88.0 Å². The predicted molar refractivity (Wildman–Crippen MR) is 145 cm³/mol. The average Bonchev–Trinajstić information content (AvgIpc) is 3.45. The van der Waals surface area contributed by atoms with Gasteiger partial charge in [0.1, 0.15) is 6.07 Å². The molecule has 0 saturated heterocycles. The van der Waals surface area contributed by atoms with Crippen LogP contribution in [0.1, 0.15) is 11.1 Å². The first kappa shape index (κ1) is 20.1. The summed E-state index contributed by atoms with van der Waals surface area (Å²) >= 11 is 0. The summed E-state index contributed by atoms with van der Waals surface area (Å²) < 4.78 is 4.42. The summed E-state index contributed by atoms with van der Waals surface area (Å²) in [4.78, 5) is 0. The van der Waals surface area contributed by atoms with Crippen molar-refractivity contribution in [2.45, 2.75) is 0 Å². The lowest BCUT2D eigenvalue weighted by Gasteiger charge is -2.11. The Bertz CT molecular complexity index is 2020. The number of fused-ring (bicyclic) bond motifs is 6. The average molecular weight is 459 g/mol. The van der Waals surface area contributed by atoms with Gasteiger partial charge in [-0.05, 0) is 60.7 Å². The van der Waals surface area contributed by atoms with Crippen molar-refractivity contribution < 1.29 is 0 Å². The van der Waals surface area contributed by atoms with Crippen molar-refractivity contribution in [3.8, 4) is 23.5 Å². The molecule has 0 fully saturated rings. The van der Waals surface area contributed by atoms with Crippen molar-refractivity contribution in [1.82, 2.24) is 9.13 Å². The van der Waals surface area contributed by atoms with Crippen LogP contribution < -0.4 is 0 Å². The van der Waals surface area contributed by atoms with Gasteiger partial charge in [0.25, 0.3) is 0 Å². The van der Waals surface area contributed by atoms with Crippen molar-refractivity contribution in [2.75, 3.05) is 0 Å². The Labute approximate surface area is 207 Å². The van der Waals surface area contributed by atoms with E-state index in [-0.39, 0.29) is 0 Å². The molecule has 2 aromatic heterocycles. The molecule has 4 nitrogen and oxygen atoms in total. The lowest BCUT2D eigenvalue weighted by molar-refractivity contribution is 1.16. The van der Waals surface area contributed by atoms with Crippen LogP contribution in [0, 0.1) is 22.7 Å². The summed E-state index contributed by atoms with van der Waals surface area (Å²) in [7, 11) is 0. The van der Waals surface area contributed by atoms with E-state index < -0.39 is 0 Å². The third-order valence-corrected chi connectivity index (χ3v) is 6.98. The molecule has 0 saturated carbocycles. The highest BCUT2D eigenvalue weighted by Gasteiger charge is 2.17. The third kappa shape index (κ3) is 2.73. The molecular weight excluding hydrogens is 440 g/mol. The molecule has 0 spiro atoms. The predicted octanol–water partition coefficient (Wildman–Crippen LogP) is 7.62. The molecule has 0 N–H and O–H groups in total. The zero-order valence-electron chi connectivity index (χ0n) is 19.2. The number of para-hydroxylation sites is 3. The van der Waals surface area contributed by atoms with E-state index in [9.17, 15) is 10.5 Å². The van der Waals surface area contributed by atoms with Crippen LogP contribution in [-0.2, 0) is 0 Å². The van der Waals surface area contributed by atoms with Crippen molar-refractivity contribution in [3.05, 3.63) is 120 Å². The molecule has 36 heavy (non-hydrogen) atoms. The Hall–Kier alpha value is -5.32. The Morgan fingerprint density at radius 3 is 1.75 bits per heavy atom. The number of hydrogen-bond donors (Lipinski definition) is 0. The first-order valence-corrected chi connectivity index (χ1v) is 11.7. The standard InChI is InChI=1S/C32H18N4/c33-19-21-13-15-31-26(17-21)27-18-23(14-16-32(27)36(31)28-10-4-1-7-22(28)20-34)35-29-11-5-2-8-24(29)25-9-3-6-12-30(25)35/h1-18H. The number of hydrogen-bond acceptors (Lipinski definition) is 2. The molecule has 0 atom stereocenters. The molecule has 0 bridgehead atoms. The Morgan fingerprint density at radius 2 is 1.06 bits per heavy atom. The lowest BCUT2D eigenvalue weighted by atomic mass is 10.1. The summed E-state index contributed by atoms with van der Waals surface area (Å²) in [5, 5.41) is 23.9. The molecule has 0 amide bonds. The normalized spacial score (nSPS) is 11.3. The van der Waals surface area contributed by atoms with Gasteiger partial charge in [-0.2, -0.15) is 10.5 Å². The fourth-order valence-corrected chi connectivity index (χ4v) is 5.44. The number of rotatable bonds is 2. The van der Waals surface area contributed by atoms with Crippen molar-refractivity contribution in [1.29, 1.82) is 10.5 Å². The summed E-state index contributed by atoms with van der Waals surface area (Å²) in [6.45, 7) is 0. The lowest BCUT2D eigenvalue weighted by Crippen LogP contribution is -1.98. The number of nitrogens with zero attached hydrogens (tertiary/aromatic N) is 4. The number of aromatic nitrogens is 2. The van der Waals surface area contributed by atoms with Crippen LogP contribution in [0.3, 0.4) is 0 Å². The molecule has 4 heteroatoms. The van der Waals surface area contributed by atoms with Crippen LogP contribution in [0.15, 0.2) is 109 Å². The summed E-state index contributed by atoms with van der Waals surface area (Å²) in [5.41, 5.74) is 7.34. The van der Waals surface area contributed by atoms with Crippen LogP contribution in [-0.4, -0.2) is 9.13 Å². The van der Waals surface area contributed by atoms with Gasteiger partial charge in [-0.3, -0.25) is 0 Å². The molecule has 5 aromatic carbocycles. The van der Waals surface area contributed by atoms with E-state index >= 15 is 0 Å². The molecule has 0 radical (unpaired) electrons. The monoisotopic (exact) mass is 458 g/mol. The first-order chi connectivity index (χ1) is 17.8. The molecule has 7 aromatic rings. The molecule has 0 unspecified atom stereocenters. The summed E-state index contributed by atoms with van der Waals surface area (Å²) in [5.74, 6) is 0. The molecular formula is C32H18N4. The van der Waals surface area contributed by atoms with Gasteiger partial charge < -0.3 is 9.13 Å². The fourth-order valence-electron chi connectivity index (χ4n) is 5.44. The quantitative estimate of drug-likeness (QED) is 0.267. The molecule has 0 aliphatic rings. The minimum absolute atomic E-state index is 0.604. The van der Waals surface area contributed by atoms with Gasteiger partial charge in [-0.15, -0.1) is 0 Å². The summed E-state index contributed by atoms with van der Waals surface area (Å²) in [6.07, 6.45) is 0. The smallest absolute Gasteiger partial charge is 0.101 e. The SMILES string of the molecule is N#Cc1ccc2c(c1)c1cc(-n3c4ccccc4c4ccccc43)ccc1n2-c1ccccc1C#N. The fraction of sp³-hybridized carbons (Fsp3) is 0. The second kappa shape index (κ2) is 7.60. The van der Waals surface area contributed by atoms with E-state index in [0.29, 0.717) is 11.1 Å². The van der Waals surface area contributed by atoms with Crippen LogP contribution in [0.5, 0.6) is 0 Å². The minimum Gasteiger partial charge on any atom is -0.309 e.